The fourth-order valence-corrected chi connectivity index (χ4v) is 1.26. The summed E-state index contributed by atoms with van der Waals surface area (Å²) in [5, 5.41) is 3.00. The molecule has 1 N–H and O–H groups in total. The van der Waals surface area contributed by atoms with E-state index >= 15 is 0 Å². The van der Waals surface area contributed by atoms with E-state index in [1.807, 2.05) is 19.2 Å². The van der Waals surface area contributed by atoms with Gasteiger partial charge in [0.05, 0.1) is 0 Å². The number of nitrogens with one attached hydrogen (secondary N) is 1. The van der Waals surface area contributed by atoms with E-state index in [1.165, 1.54) is 6.07 Å². The molecule has 0 aliphatic rings. The summed E-state index contributed by atoms with van der Waals surface area (Å²) in [6, 6.07) is 3.52. The van der Waals surface area contributed by atoms with Crippen molar-refractivity contribution in [1.82, 2.24) is 5.32 Å². The van der Waals surface area contributed by atoms with E-state index in [-0.39, 0.29) is 5.82 Å². The first-order valence-corrected chi connectivity index (χ1v) is 4.97. The van der Waals surface area contributed by atoms with Gasteiger partial charge in [0.15, 0.2) is 0 Å². The predicted molar refractivity (Wildman–Crippen MR) is 57.7 cm³/mol. The molecule has 0 unspecified atom stereocenters. The van der Waals surface area contributed by atoms with Crippen molar-refractivity contribution in [2.75, 3.05) is 13.6 Å². The number of allylic oxidation sites excluding steroid dienone is 1. The van der Waals surface area contributed by atoms with Crippen molar-refractivity contribution in [3.63, 3.8) is 0 Å². The van der Waals surface area contributed by atoms with Crippen molar-refractivity contribution in [3.05, 3.63) is 47.5 Å². The monoisotopic (exact) mass is 211 g/mol. The lowest BCUT2D eigenvalue weighted by Gasteiger charge is -1.99. The summed E-state index contributed by atoms with van der Waals surface area (Å²) in [4.78, 5) is 0. The van der Waals surface area contributed by atoms with E-state index in [9.17, 15) is 8.78 Å². The van der Waals surface area contributed by atoms with Gasteiger partial charge in [0.1, 0.15) is 11.6 Å². The molecule has 1 aromatic rings. The molecule has 0 aliphatic heterocycles. The smallest absolute Gasteiger partial charge is 0.126 e. The van der Waals surface area contributed by atoms with Crippen molar-refractivity contribution >= 4 is 0 Å². The van der Waals surface area contributed by atoms with E-state index in [0.29, 0.717) is 12.0 Å². The molecule has 0 saturated carbocycles. The summed E-state index contributed by atoms with van der Waals surface area (Å²) in [7, 11) is 1.88. The first kappa shape index (κ1) is 11.9. The summed E-state index contributed by atoms with van der Waals surface area (Å²) in [5.74, 6) is -0.746. The predicted octanol–water partition coefficient (Wildman–Crippen LogP) is 2.67. The SMILES string of the molecule is CNCCC=CCc1cc(F)ccc1F. The van der Waals surface area contributed by atoms with Crippen molar-refractivity contribution in [1.29, 1.82) is 0 Å². The molecule has 0 atom stereocenters. The van der Waals surface area contributed by atoms with Gasteiger partial charge in [-0.1, -0.05) is 12.2 Å². The normalized spacial score (nSPS) is 11.1. The van der Waals surface area contributed by atoms with Crippen LogP contribution in [0, 0.1) is 11.6 Å². The third kappa shape index (κ3) is 4.21. The summed E-state index contributed by atoms with van der Waals surface area (Å²) < 4.78 is 25.9. The van der Waals surface area contributed by atoms with Crippen LogP contribution < -0.4 is 5.32 Å². The molecule has 1 aromatic carbocycles. The van der Waals surface area contributed by atoms with E-state index in [0.717, 1.165) is 25.1 Å². The first-order valence-electron chi connectivity index (χ1n) is 4.97. The topological polar surface area (TPSA) is 12.0 Å². The van der Waals surface area contributed by atoms with Gasteiger partial charge in [0.2, 0.25) is 0 Å². The van der Waals surface area contributed by atoms with Gasteiger partial charge >= 0.3 is 0 Å². The van der Waals surface area contributed by atoms with Gasteiger partial charge in [0, 0.05) is 0 Å². The number of hydrogen-bond acceptors (Lipinski definition) is 1. The highest BCUT2D eigenvalue weighted by Crippen LogP contribution is 2.10. The molecule has 0 radical (unpaired) electrons. The van der Waals surface area contributed by atoms with E-state index in [2.05, 4.69) is 5.32 Å². The van der Waals surface area contributed by atoms with Gasteiger partial charge in [-0.05, 0) is 50.2 Å². The summed E-state index contributed by atoms with van der Waals surface area (Å²) >= 11 is 0. The van der Waals surface area contributed by atoms with E-state index in [1.54, 1.807) is 0 Å². The first-order chi connectivity index (χ1) is 7.24. The fraction of sp³-hybridized carbons (Fsp3) is 0.333. The van der Waals surface area contributed by atoms with Crippen LogP contribution in [-0.2, 0) is 6.42 Å². The van der Waals surface area contributed by atoms with Crippen LogP contribution in [0.4, 0.5) is 8.78 Å². The van der Waals surface area contributed by atoms with Gasteiger partial charge in [-0.3, -0.25) is 0 Å². The quantitative estimate of drug-likeness (QED) is 0.583. The Labute approximate surface area is 88.8 Å². The summed E-state index contributed by atoms with van der Waals surface area (Å²) in [6.45, 7) is 0.891. The van der Waals surface area contributed by atoms with E-state index < -0.39 is 5.82 Å². The Morgan fingerprint density at radius 1 is 1.27 bits per heavy atom. The molecule has 0 saturated heterocycles. The molecule has 1 rings (SSSR count). The van der Waals surface area contributed by atoms with E-state index in [4.69, 9.17) is 0 Å². The molecule has 15 heavy (non-hydrogen) atoms. The van der Waals surface area contributed by atoms with Gasteiger partial charge in [0.25, 0.3) is 0 Å². The second kappa shape index (κ2) is 6.30. The lowest BCUT2D eigenvalue weighted by Crippen LogP contribution is -2.05. The Bertz CT molecular complexity index is 334. The Balaban J connectivity index is 2.49. The van der Waals surface area contributed by atoms with Crippen LogP contribution in [0.3, 0.4) is 0 Å². The Hall–Kier alpha value is -1.22. The maximum Gasteiger partial charge on any atom is 0.126 e. The van der Waals surface area contributed by atoms with Crippen molar-refractivity contribution < 1.29 is 8.78 Å². The minimum Gasteiger partial charge on any atom is -0.319 e. The van der Waals surface area contributed by atoms with Gasteiger partial charge in [-0.25, -0.2) is 8.78 Å². The third-order valence-corrected chi connectivity index (χ3v) is 2.07. The standard InChI is InChI=1S/C12H15F2N/c1-15-8-4-2-3-5-10-9-11(13)6-7-12(10)14/h2-3,6-7,9,15H,4-5,8H2,1H3. The minimum atomic E-state index is -0.393. The van der Waals surface area contributed by atoms with Crippen LogP contribution in [0.1, 0.15) is 12.0 Å². The maximum absolute atomic E-state index is 13.1. The number of hydrogen-bond donors (Lipinski definition) is 1. The van der Waals surface area contributed by atoms with Crippen LogP contribution in [0.5, 0.6) is 0 Å². The Morgan fingerprint density at radius 2 is 2.07 bits per heavy atom. The second-order valence-corrected chi connectivity index (χ2v) is 3.30. The van der Waals surface area contributed by atoms with Gasteiger partial charge in [-0.2, -0.15) is 0 Å². The summed E-state index contributed by atoms with van der Waals surface area (Å²) in [6.07, 6.45) is 5.15. The van der Waals surface area contributed by atoms with Crippen LogP contribution in [-0.4, -0.2) is 13.6 Å². The largest absolute Gasteiger partial charge is 0.319 e. The number of benzene rings is 1. The molecule has 0 fully saturated rings. The summed E-state index contributed by atoms with van der Waals surface area (Å²) in [5.41, 5.74) is 0.399. The molecular formula is C12H15F2N. The van der Waals surface area contributed by atoms with Gasteiger partial charge < -0.3 is 5.32 Å². The maximum atomic E-state index is 13.1. The third-order valence-electron chi connectivity index (χ3n) is 2.07. The molecular weight excluding hydrogens is 196 g/mol. The fourth-order valence-electron chi connectivity index (χ4n) is 1.26. The van der Waals surface area contributed by atoms with Crippen molar-refractivity contribution in [3.8, 4) is 0 Å². The molecule has 0 aromatic heterocycles. The van der Waals surface area contributed by atoms with Crippen LogP contribution in [0.2, 0.25) is 0 Å². The zero-order chi connectivity index (χ0) is 11.1. The van der Waals surface area contributed by atoms with Crippen LogP contribution in [0.25, 0.3) is 0 Å². The average Bonchev–Trinajstić information content (AvgIpc) is 2.23. The molecule has 1 nitrogen and oxygen atoms in total. The van der Waals surface area contributed by atoms with Crippen LogP contribution >= 0.6 is 0 Å². The average molecular weight is 211 g/mol. The molecule has 0 bridgehead atoms. The molecule has 0 amide bonds. The van der Waals surface area contributed by atoms with Crippen LogP contribution in [0.15, 0.2) is 30.4 Å². The highest BCUT2D eigenvalue weighted by atomic mass is 19.1. The zero-order valence-electron chi connectivity index (χ0n) is 8.76. The Morgan fingerprint density at radius 3 is 2.80 bits per heavy atom. The zero-order valence-corrected chi connectivity index (χ0v) is 8.76. The molecule has 3 heteroatoms. The highest BCUT2D eigenvalue weighted by Gasteiger charge is 2.00. The minimum absolute atomic E-state index is 0.352. The molecule has 0 heterocycles. The molecule has 82 valence electrons. The second-order valence-electron chi connectivity index (χ2n) is 3.30. The molecule has 0 spiro atoms. The van der Waals surface area contributed by atoms with Gasteiger partial charge in [-0.15, -0.1) is 0 Å². The lowest BCUT2D eigenvalue weighted by molar-refractivity contribution is 0.589. The lowest BCUT2D eigenvalue weighted by atomic mass is 10.1. The number of halogens is 2. The highest BCUT2D eigenvalue weighted by molar-refractivity contribution is 5.21. The Kier molecular flexibility index (Phi) is 4.98. The number of rotatable bonds is 5. The molecule has 0 aliphatic carbocycles. The van der Waals surface area contributed by atoms with Crippen molar-refractivity contribution in [2.24, 2.45) is 0 Å². The van der Waals surface area contributed by atoms with Crippen molar-refractivity contribution in [2.45, 2.75) is 12.8 Å².